The summed E-state index contributed by atoms with van der Waals surface area (Å²) < 4.78 is 0.779. The van der Waals surface area contributed by atoms with E-state index >= 15 is 0 Å². The van der Waals surface area contributed by atoms with Gasteiger partial charge < -0.3 is 5.73 Å². The average molecular weight is 300 g/mol. The second-order valence-electron chi connectivity index (χ2n) is 4.08. The molecular weight excluding hydrogens is 286 g/mol. The first-order valence-corrected chi connectivity index (χ1v) is 7.60. The van der Waals surface area contributed by atoms with Gasteiger partial charge in [0.1, 0.15) is 0 Å². The fourth-order valence-electron chi connectivity index (χ4n) is 1.46. The van der Waals surface area contributed by atoms with Crippen LogP contribution in [0.25, 0.3) is 0 Å². The van der Waals surface area contributed by atoms with Crippen molar-refractivity contribution in [2.75, 3.05) is 0 Å². The molecule has 2 unspecified atom stereocenters. The highest BCUT2D eigenvalue weighted by atomic mass is 35.5. The minimum Gasteiger partial charge on any atom is -0.327 e. The van der Waals surface area contributed by atoms with Crippen LogP contribution in [0.3, 0.4) is 0 Å². The zero-order chi connectivity index (χ0) is 13.1. The van der Waals surface area contributed by atoms with Gasteiger partial charge in [0, 0.05) is 23.3 Å². The van der Waals surface area contributed by atoms with Gasteiger partial charge in [0.15, 0.2) is 5.16 Å². The van der Waals surface area contributed by atoms with E-state index in [2.05, 4.69) is 9.97 Å². The summed E-state index contributed by atoms with van der Waals surface area (Å²) in [6.45, 7) is 3.95. The van der Waals surface area contributed by atoms with E-state index < -0.39 is 0 Å². The van der Waals surface area contributed by atoms with Crippen LogP contribution >= 0.6 is 34.7 Å². The molecule has 6 heteroatoms. The van der Waals surface area contributed by atoms with Crippen molar-refractivity contribution in [3.05, 3.63) is 39.3 Å². The smallest absolute Gasteiger partial charge is 0.188 e. The quantitative estimate of drug-likeness (QED) is 0.691. The first kappa shape index (κ1) is 13.8. The molecule has 3 nitrogen and oxygen atoms in total. The Bertz CT molecular complexity index is 510. The lowest BCUT2D eigenvalue weighted by Gasteiger charge is -2.17. The minimum atomic E-state index is 0.00891. The Hall–Kier alpha value is -0.620. The van der Waals surface area contributed by atoms with E-state index in [9.17, 15) is 0 Å². The molecule has 2 aromatic rings. The van der Waals surface area contributed by atoms with E-state index in [1.165, 1.54) is 0 Å². The standard InChI is InChI=1S/C12H14ClN3S2/c1-7-5-15-12(16-6-7)18-11(8(2)14)9-3-4-10(13)17-9/h3-6,8,11H,14H2,1-2H3. The van der Waals surface area contributed by atoms with Gasteiger partial charge in [-0.2, -0.15) is 0 Å². The molecule has 0 aliphatic heterocycles. The predicted octanol–water partition coefficient (Wildman–Crippen LogP) is 3.68. The van der Waals surface area contributed by atoms with Crippen molar-refractivity contribution in [3.8, 4) is 0 Å². The second-order valence-corrected chi connectivity index (χ2v) is 6.94. The zero-order valence-electron chi connectivity index (χ0n) is 10.1. The van der Waals surface area contributed by atoms with Crippen LogP contribution in [0.1, 0.15) is 22.6 Å². The third-order valence-electron chi connectivity index (χ3n) is 2.34. The molecule has 0 amide bonds. The summed E-state index contributed by atoms with van der Waals surface area (Å²) in [4.78, 5) is 9.76. The Morgan fingerprint density at radius 2 is 2.00 bits per heavy atom. The number of thioether (sulfide) groups is 1. The lowest BCUT2D eigenvalue weighted by Crippen LogP contribution is -2.22. The molecule has 2 aromatic heterocycles. The maximum absolute atomic E-state index is 6.04. The SMILES string of the molecule is Cc1cnc(SC(c2ccc(Cl)s2)C(C)N)nc1. The van der Waals surface area contributed by atoms with Crippen LogP contribution in [-0.4, -0.2) is 16.0 Å². The summed E-state index contributed by atoms with van der Waals surface area (Å²) in [7, 11) is 0. The van der Waals surface area contributed by atoms with Crippen molar-refractivity contribution in [1.29, 1.82) is 0 Å². The van der Waals surface area contributed by atoms with Crippen molar-refractivity contribution in [1.82, 2.24) is 9.97 Å². The van der Waals surface area contributed by atoms with E-state index in [4.69, 9.17) is 17.3 Å². The fraction of sp³-hybridized carbons (Fsp3) is 0.333. The molecule has 0 aliphatic carbocycles. The van der Waals surface area contributed by atoms with Gasteiger partial charge in [-0.3, -0.25) is 0 Å². The van der Waals surface area contributed by atoms with Crippen LogP contribution in [0, 0.1) is 6.92 Å². The first-order chi connectivity index (χ1) is 8.56. The van der Waals surface area contributed by atoms with Crippen LogP contribution < -0.4 is 5.73 Å². The molecule has 18 heavy (non-hydrogen) atoms. The lowest BCUT2D eigenvalue weighted by molar-refractivity contribution is 0.726. The number of thiophene rings is 1. The van der Waals surface area contributed by atoms with Crippen molar-refractivity contribution in [2.24, 2.45) is 5.73 Å². The Morgan fingerprint density at radius 1 is 1.33 bits per heavy atom. The van der Waals surface area contributed by atoms with Gasteiger partial charge in [-0.1, -0.05) is 23.4 Å². The van der Waals surface area contributed by atoms with Gasteiger partial charge in [0.2, 0.25) is 0 Å². The summed E-state index contributed by atoms with van der Waals surface area (Å²) in [5.41, 5.74) is 7.09. The van der Waals surface area contributed by atoms with Gasteiger partial charge in [-0.05, 0) is 31.5 Å². The number of hydrogen-bond acceptors (Lipinski definition) is 5. The minimum absolute atomic E-state index is 0.00891. The summed E-state index contributed by atoms with van der Waals surface area (Å²) in [5.74, 6) is 0. The van der Waals surface area contributed by atoms with Gasteiger partial charge in [-0.25, -0.2) is 9.97 Å². The van der Waals surface area contributed by atoms with E-state index in [1.54, 1.807) is 23.1 Å². The number of halogens is 1. The number of hydrogen-bond donors (Lipinski definition) is 1. The van der Waals surface area contributed by atoms with E-state index in [0.29, 0.717) is 0 Å². The highest BCUT2D eigenvalue weighted by Gasteiger charge is 2.20. The van der Waals surface area contributed by atoms with Crippen molar-refractivity contribution in [3.63, 3.8) is 0 Å². The molecule has 0 radical (unpaired) electrons. The van der Waals surface area contributed by atoms with E-state index in [-0.39, 0.29) is 11.3 Å². The number of nitrogens with zero attached hydrogens (tertiary/aromatic N) is 2. The molecular formula is C12H14ClN3S2. The summed E-state index contributed by atoms with van der Waals surface area (Å²) in [6.07, 6.45) is 3.63. The molecule has 96 valence electrons. The third kappa shape index (κ3) is 3.45. The first-order valence-electron chi connectivity index (χ1n) is 5.52. The Labute approximate surface area is 120 Å². The average Bonchev–Trinajstić information content (AvgIpc) is 2.74. The van der Waals surface area contributed by atoms with Crippen LogP contribution in [0.15, 0.2) is 29.7 Å². The van der Waals surface area contributed by atoms with Gasteiger partial charge in [-0.15, -0.1) is 11.3 Å². The van der Waals surface area contributed by atoms with Gasteiger partial charge in [0.25, 0.3) is 0 Å². The maximum atomic E-state index is 6.04. The predicted molar refractivity (Wildman–Crippen MR) is 78.3 cm³/mol. The van der Waals surface area contributed by atoms with Crippen LogP contribution in [0.5, 0.6) is 0 Å². The molecule has 2 rings (SSSR count). The number of aromatic nitrogens is 2. The van der Waals surface area contributed by atoms with Crippen LogP contribution in [0.2, 0.25) is 4.34 Å². The molecule has 0 bridgehead atoms. The Balaban J connectivity index is 2.19. The molecule has 0 fully saturated rings. The monoisotopic (exact) mass is 299 g/mol. The zero-order valence-corrected chi connectivity index (χ0v) is 12.5. The number of rotatable bonds is 4. The summed E-state index contributed by atoms with van der Waals surface area (Å²) in [6, 6.07) is 3.92. The summed E-state index contributed by atoms with van der Waals surface area (Å²) in [5, 5.41) is 0.873. The molecule has 0 saturated carbocycles. The van der Waals surface area contributed by atoms with Crippen LogP contribution in [0.4, 0.5) is 0 Å². The Kier molecular flexibility index (Phi) is 4.61. The highest BCUT2D eigenvalue weighted by Crippen LogP contribution is 2.39. The second kappa shape index (κ2) is 6.02. The van der Waals surface area contributed by atoms with E-state index in [1.807, 2.05) is 38.4 Å². The Morgan fingerprint density at radius 3 is 2.50 bits per heavy atom. The van der Waals surface area contributed by atoms with Gasteiger partial charge in [0.05, 0.1) is 9.59 Å². The van der Waals surface area contributed by atoms with E-state index in [0.717, 1.165) is 19.9 Å². The molecule has 0 aliphatic rings. The number of nitrogens with two attached hydrogens (primary N) is 1. The maximum Gasteiger partial charge on any atom is 0.188 e. The molecule has 0 saturated heterocycles. The normalized spacial score (nSPS) is 14.4. The number of aryl methyl sites for hydroxylation is 1. The van der Waals surface area contributed by atoms with Crippen molar-refractivity contribution in [2.45, 2.75) is 30.3 Å². The molecule has 2 atom stereocenters. The van der Waals surface area contributed by atoms with Gasteiger partial charge >= 0.3 is 0 Å². The topological polar surface area (TPSA) is 51.8 Å². The third-order valence-corrected chi connectivity index (χ3v) is 5.16. The molecule has 0 aromatic carbocycles. The largest absolute Gasteiger partial charge is 0.327 e. The highest BCUT2D eigenvalue weighted by molar-refractivity contribution is 7.99. The lowest BCUT2D eigenvalue weighted by atomic mass is 10.2. The molecule has 0 spiro atoms. The van der Waals surface area contributed by atoms with Crippen molar-refractivity contribution < 1.29 is 0 Å². The summed E-state index contributed by atoms with van der Waals surface area (Å²) >= 11 is 9.10. The molecule has 2 heterocycles. The molecule has 2 N–H and O–H groups in total. The van der Waals surface area contributed by atoms with Crippen molar-refractivity contribution >= 4 is 34.7 Å². The fourth-order valence-corrected chi connectivity index (χ4v) is 3.77. The van der Waals surface area contributed by atoms with Crippen LogP contribution in [-0.2, 0) is 0 Å².